The fourth-order valence-electron chi connectivity index (χ4n) is 1.50. The minimum absolute atomic E-state index is 0.344. The molecule has 0 bridgehead atoms. The Hall–Kier alpha value is -1.83. The summed E-state index contributed by atoms with van der Waals surface area (Å²) in [5, 5.41) is 19.7. The zero-order chi connectivity index (χ0) is 14.8. The van der Waals surface area contributed by atoms with Crippen molar-refractivity contribution in [1.82, 2.24) is 15.1 Å². The van der Waals surface area contributed by atoms with E-state index in [1.54, 1.807) is 0 Å². The van der Waals surface area contributed by atoms with Crippen LogP contribution in [0.2, 0.25) is 0 Å². The van der Waals surface area contributed by atoms with Crippen LogP contribution in [0.3, 0.4) is 0 Å². The summed E-state index contributed by atoms with van der Waals surface area (Å²) in [5.74, 6) is -2.50. The van der Waals surface area contributed by atoms with Gasteiger partial charge in [-0.15, -0.1) is 0 Å². The van der Waals surface area contributed by atoms with Gasteiger partial charge in [-0.1, -0.05) is 13.8 Å². The molecule has 19 heavy (non-hydrogen) atoms. The molecule has 0 aliphatic heterocycles. The second kappa shape index (κ2) is 9.15. The predicted molar refractivity (Wildman–Crippen MR) is 68.0 cm³/mol. The Kier molecular flexibility index (Phi) is 8.27. The van der Waals surface area contributed by atoms with E-state index in [0.29, 0.717) is 13.1 Å². The molecule has 8 heteroatoms. The fraction of sp³-hybridized carbons (Fsp3) is 0.727. The van der Waals surface area contributed by atoms with E-state index in [1.165, 1.54) is 0 Å². The van der Waals surface area contributed by atoms with Gasteiger partial charge in [0, 0.05) is 13.1 Å². The zero-order valence-electron chi connectivity index (χ0n) is 11.3. The molecule has 0 aromatic heterocycles. The number of hydrogen-bond donors (Lipinski definition) is 3. The summed E-state index contributed by atoms with van der Waals surface area (Å²) in [5.41, 5.74) is 0. The molecule has 0 aromatic carbocycles. The Bertz CT molecular complexity index is 301. The minimum Gasteiger partial charge on any atom is -0.480 e. The first-order valence-corrected chi connectivity index (χ1v) is 6.09. The van der Waals surface area contributed by atoms with Gasteiger partial charge in [-0.3, -0.25) is 9.59 Å². The summed E-state index contributed by atoms with van der Waals surface area (Å²) < 4.78 is 0. The zero-order valence-corrected chi connectivity index (χ0v) is 11.3. The van der Waals surface area contributed by atoms with E-state index in [0.717, 1.165) is 18.0 Å². The maximum Gasteiger partial charge on any atom is 0.323 e. The standard InChI is InChI=1S/C11H21N3O5/c1-3-13(4-2)6-5-12-11(19)14(7-9(15)16)8-10(17)18/h3-8H2,1-2H3,(H,12,19)(H,15,16)(H,17,18). The molecule has 0 saturated heterocycles. The van der Waals surface area contributed by atoms with Gasteiger partial charge in [-0.25, -0.2) is 4.79 Å². The van der Waals surface area contributed by atoms with Crippen molar-refractivity contribution in [3.63, 3.8) is 0 Å². The van der Waals surface area contributed by atoms with Gasteiger partial charge in [0.1, 0.15) is 13.1 Å². The van der Waals surface area contributed by atoms with E-state index < -0.39 is 31.1 Å². The van der Waals surface area contributed by atoms with Crippen LogP contribution in [0.4, 0.5) is 4.79 Å². The Balaban J connectivity index is 4.23. The van der Waals surface area contributed by atoms with Crippen molar-refractivity contribution in [3.05, 3.63) is 0 Å². The van der Waals surface area contributed by atoms with Gasteiger partial charge in [0.15, 0.2) is 0 Å². The molecule has 0 rings (SSSR count). The molecular formula is C11H21N3O5. The van der Waals surface area contributed by atoms with Crippen LogP contribution in [-0.4, -0.2) is 77.3 Å². The number of hydrogen-bond acceptors (Lipinski definition) is 4. The van der Waals surface area contributed by atoms with Gasteiger partial charge in [-0.05, 0) is 13.1 Å². The molecule has 2 amide bonds. The van der Waals surface area contributed by atoms with Gasteiger partial charge >= 0.3 is 18.0 Å². The number of urea groups is 1. The highest BCUT2D eigenvalue weighted by Crippen LogP contribution is 1.91. The molecule has 0 aliphatic carbocycles. The van der Waals surface area contributed by atoms with Gasteiger partial charge in [-0.2, -0.15) is 0 Å². The quantitative estimate of drug-likeness (QED) is 0.523. The first kappa shape index (κ1) is 17.2. The molecule has 0 fully saturated rings. The number of nitrogens with zero attached hydrogens (tertiary/aromatic N) is 2. The number of aliphatic carboxylic acids is 2. The average molecular weight is 275 g/mol. The van der Waals surface area contributed by atoms with Crippen molar-refractivity contribution in [2.45, 2.75) is 13.8 Å². The van der Waals surface area contributed by atoms with Crippen LogP contribution in [0.15, 0.2) is 0 Å². The summed E-state index contributed by atoms with van der Waals surface area (Å²) in [4.78, 5) is 35.6. The summed E-state index contributed by atoms with van der Waals surface area (Å²) in [6.45, 7) is 5.38. The van der Waals surface area contributed by atoms with E-state index >= 15 is 0 Å². The van der Waals surface area contributed by atoms with Gasteiger partial charge < -0.3 is 25.3 Å². The van der Waals surface area contributed by atoms with E-state index in [-0.39, 0.29) is 0 Å². The van der Waals surface area contributed by atoms with Crippen LogP contribution in [0, 0.1) is 0 Å². The number of rotatable bonds is 9. The molecule has 110 valence electrons. The molecule has 0 saturated carbocycles. The van der Waals surface area contributed by atoms with E-state index in [9.17, 15) is 14.4 Å². The lowest BCUT2D eigenvalue weighted by molar-refractivity contribution is -0.140. The Morgan fingerprint density at radius 1 is 1.00 bits per heavy atom. The smallest absolute Gasteiger partial charge is 0.323 e. The molecule has 0 aromatic rings. The number of likely N-dealkylation sites (N-methyl/N-ethyl adjacent to an activating group) is 1. The largest absolute Gasteiger partial charge is 0.480 e. The van der Waals surface area contributed by atoms with Crippen LogP contribution in [0.5, 0.6) is 0 Å². The molecule has 0 aliphatic rings. The van der Waals surface area contributed by atoms with Crippen molar-refractivity contribution in [2.75, 3.05) is 39.3 Å². The van der Waals surface area contributed by atoms with Crippen molar-refractivity contribution in [2.24, 2.45) is 0 Å². The monoisotopic (exact) mass is 275 g/mol. The third kappa shape index (κ3) is 7.98. The fourth-order valence-corrected chi connectivity index (χ4v) is 1.50. The maximum absolute atomic E-state index is 11.6. The van der Waals surface area contributed by atoms with Crippen molar-refractivity contribution in [3.8, 4) is 0 Å². The van der Waals surface area contributed by atoms with Crippen LogP contribution in [0.25, 0.3) is 0 Å². The normalized spacial score (nSPS) is 10.3. The second-order valence-corrected chi connectivity index (χ2v) is 3.90. The molecule has 0 atom stereocenters. The lowest BCUT2D eigenvalue weighted by atomic mass is 10.4. The van der Waals surface area contributed by atoms with Crippen molar-refractivity contribution < 1.29 is 24.6 Å². The van der Waals surface area contributed by atoms with Crippen molar-refractivity contribution in [1.29, 1.82) is 0 Å². The number of carbonyl (C=O) groups excluding carboxylic acids is 1. The lowest BCUT2D eigenvalue weighted by Crippen LogP contribution is -2.47. The molecule has 0 heterocycles. The highest BCUT2D eigenvalue weighted by Gasteiger charge is 2.19. The third-order valence-corrected chi connectivity index (χ3v) is 2.54. The van der Waals surface area contributed by atoms with E-state index in [4.69, 9.17) is 10.2 Å². The molecule has 8 nitrogen and oxygen atoms in total. The van der Waals surface area contributed by atoms with Crippen LogP contribution in [0.1, 0.15) is 13.8 Å². The Morgan fingerprint density at radius 3 is 1.84 bits per heavy atom. The molecule has 0 radical (unpaired) electrons. The summed E-state index contributed by atoms with van der Waals surface area (Å²) in [6.07, 6.45) is 0. The summed E-state index contributed by atoms with van der Waals surface area (Å²) in [7, 11) is 0. The number of carboxylic acids is 2. The molecule has 3 N–H and O–H groups in total. The van der Waals surface area contributed by atoms with Gasteiger partial charge in [0.2, 0.25) is 0 Å². The van der Waals surface area contributed by atoms with Gasteiger partial charge in [0.05, 0.1) is 0 Å². The summed E-state index contributed by atoms with van der Waals surface area (Å²) in [6, 6.07) is -0.683. The van der Waals surface area contributed by atoms with Gasteiger partial charge in [0.25, 0.3) is 0 Å². The van der Waals surface area contributed by atoms with Crippen LogP contribution >= 0.6 is 0 Å². The number of nitrogens with one attached hydrogen (secondary N) is 1. The highest BCUT2D eigenvalue weighted by molar-refractivity contribution is 5.84. The molecular weight excluding hydrogens is 254 g/mol. The summed E-state index contributed by atoms with van der Waals surface area (Å²) >= 11 is 0. The molecule has 0 unspecified atom stereocenters. The predicted octanol–water partition coefficient (Wildman–Crippen LogP) is -0.491. The topological polar surface area (TPSA) is 110 Å². The number of amides is 2. The first-order chi connectivity index (χ1) is 8.90. The lowest BCUT2D eigenvalue weighted by Gasteiger charge is -2.21. The Labute approximate surface area is 112 Å². The molecule has 0 spiro atoms. The van der Waals surface area contributed by atoms with Crippen LogP contribution in [-0.2, 0) is 9.59 Å². The second-order valence-electron chi connectivity index (χ2n) is 3.90. The minimum atomic E-state index is -1.25. The maximum atomic E-state index is 11.6. The number of carbonyl (C=O) groups is 3. The van der Waals surface area contributed by atoms with Crippen molar-refractivity contribution >= 4 is 18.0 Å². The Morgan fingerprint density at radius 2 is 1.47 bits per heavy atom. The third-order valence-electron chi connectivity index (χ3n) is 2.54. The average Bonchev–Trinajstić information content (AvgIpc) is 2.32. The SMILES string of the molecule is CCN(CC)CCNC(=O)N(CC(=O)O)CC(=O)O. The van der Waals surface area contributed by atoms with E-state index in [1.807, 2.05) is 13.8 Å². The van der Waals surface area contributed by atoms with Crippen LogP contribution < -0.4 is 5.32 Å². The first-order valence-electron chi connectivity index (χ1n) is 6.09. The number of carboxylic acid groups (broad SMARTS) is 2. The van der Waals surface area contributed by atoms with E-state index in [2.05, 4.69) is 10.2 Å². The highest BCUT2D eigenvalue weighted by atomic mass is 16.4.